The first kappa shape index (κ1) is 20.0. The Balaban J connectivity index is 1.61. The van der Waals surface area contributed by atoms with Gasteiger partial charge in [0.05, 0.1) is 17.6 Å². The lowest BCUT2D eigenvalue weighted by Crippen LogP contribution is -2.17. The summed E-state index contributed by atoms with van der Waals surface area (Å²) >= 11 is 0. The molecule has 1 heterocycles. The highest BCUT2D eigenvalue weighted by Gasteiger charge is 2.21. The molecule has 1 aromatic heterocycles. The van der Waals surface area contributed by atoms with Crippen molar-refractivity contribution in [2.24, 2.45) is 0 Å². The van der Waals surface area contributed by atoms with Crippen LogP contribution in [0.4, 0.5) is 0 Å². The van der Waals surface area contributed by atoms with Crippen LogP contribution < -0.4 is 9.47 Å². The summed E-state index contributed by atoms with van der Waals surface area (Å²) in [4.78, 5) is 4.93. The fourth-order valence-corrected chi connectivity index (χ4v) is 3.71. The molecular weight excluding hydrogens is 372 g/mol. The Morgan fingerprint density at radius 1 is 0.933 bits per heavy atom. The zero-order valence-corrected chi connectivity index (χ0v) is 17.8. The second-order valence-corrected chi connectivity index (χ2v) is 7.56. The summed E-state index contributed by atoms with van der Waals surface area (Å²) in [5, 5.41) is 0. The summed E-state index contributed by atoms with van der Waals surface area (Å²) in [6.07, 6.45) is 0.702. The highest BCUT2D eigenvalue weighted by atomic mass is 16.5. The van der Waals surface area contributed by atoms with E-state index in [4.69, 9.17) is 14.5 Å². The lowest BCUT2D eigenvalue weighted by molar-refractivity contribution is 0.184. The van der Waals surface area contributed by atoms with Crippen LogP contribution in [0.25, 0.3) is 11.0 Å². The van der Waals surface area contributed by atoms with Crippen molar-refractivity contribution in [2.45, 2.75) is 39.8 Å². The van der Waals surface area contributed by atoms with Crippen LogP contribution in [0, 0.1) is 13.8 Å². The molecule has 0 aliphatic carbocycles. The Kier molecular flexibility index (Phi) is 6.03. The number of fused-ring (bicyclic) bond motifs is 1. The van der Waals surface area contributed by atoms with E-state index >= 15 is 0 Å². The molecule has 0 radical (unpaired) electrons. The third-order valence-electron chi connectivity index (χ3n) is 5.28. The second kappa shape index (κ2) is 9.04. The first-order valence-electron chi connectivity index (χ1n) is 10.5. The maximum absolute atomic E-state index is 6.36. The van der Waals surface area contributed by atoms with E-state index in [-0.39, 0.29) is 6.10 Å². The van der Waals surface area contributed by atoms with Crippen LogP contribution in [-0.2, 0) is 6.54 Å². The fourth-order valence-electron chi connectivity index (χ4n) is 3.71. The lowest BCUT2D eigenvalue weighted by Gasteiger charge is -2.19. The van der Waals surface area contributed by atoms with Crippen molar-refractivity contribution >= 4 is 11.0 Å². The number of aryl methyl sites for hydroxylation is 2. The monoisotopic (exact) mass is 400 g/mol. The molecule has 0 spiro atoms. The number of benzene rings is 3. The Morgan fingerprint density at radius 3 is 2.53 bits per heavy atom. The van der Waals surface area contributed by atoms with Gasteiger partial charge >= 0.3 is 0 Å². The molecule has 0 aliphatic rings. The number of hydrogen-bond acceptors (Lipinski definition) is 3. The molecule has 3 aromatic carbocycles. The molecule has 0 fully saturated rings. The molecular formula is C26H28N2O2. The SMILES string of the molecule is CCC(Oc1cccc(C)c1)c1nc2ccccc2n1CCOc1ccccc1C. The van der Waals surface area contributed by atoms with Crippen molar-refractivity contribution in [3.05, 3.63) is 89.7 Å². The Hall–Kier alpha value is -3.27. The van der Waals surface area contributed by atoms with E-state index in [0.29, 0.717) is 13.2 Å². The van der Waals surface area contributed by atoms with Gasteiger partial charge in [-0.1, -0.05) is 49.4 Å². The zero-order chi connectivity index (χ0) is 20.9. The van der Waals surface area contributed by atoms with Crippen LogP contribution >= 0.6 is 0 Å². The third-order valence-corrected chi connectivity index (χ3v) is 5.28. The number of imidazole rings is 1. The molecule has 1 atom stereocenters. The summed E-state index contributed by atoms with van der Waals surface area (Å²) < 4.78 is 14.7. The highest BCUT2D eigenvalue weighted by molar-refractivity contribution is 5.76. The summed E-state index contributed by atoms with van der Waals surface area (Å²) in [6.45, 7) is 7.55. The minimum Gasteiger partial charge on any atom is -0.491 e. The van der Waals surface area contributed by atoms with Crippen molar-refractivity contribution in [1.29, 1.82) is 0 Å². The minimum absolute atomic E-state index is 0.127. The summed E-state index contributed by atoms with van der Waals surface area (Å²) in [6, 6.07) is 24.5. The summed E-state index contributed by atoms with van der Waals surface area (Å²) in [5.74, 6) is 2.73. The molecule has 0 N–H and O–H groups in total. The first-order valence-corrected chi connectivity index (χ1v) is 10.5. The first-order chi connectivity index (χ1) is 14.7. The Morgan fingerprint density at radius 2 is 1.73 bits per heavy atom. The topological polar surface area (TPSA) is 36.3 Å². The molecule has 4 heteroatoms. The normalized spacial score (nSPS) is 12.1. The molecule has 0 bridgehead atoms. The smallest absolute Gasteiger partial charge is 0.156 e. The van der Waals surface area contributed by atoms with E-state index < -0.39 is 0 Å². The van der Waals surface area contributed by atoms with Crippen LogP contribution in [0.1, 0.15) is 36.4 Å². The minimum atomic E-state index is -0.127. The number of hydrogen-bond donors (Lipinski definition) is 0. The molecule has 4 aromatic rings. The number of para-hydroxylation sites is 3. The average molecular weight is 401 g/mol. The van der Waals surface area contributed by atoms with E-state index in [1.807, 2.05) is 36.4 Å². The molecule has 0 amide bonds. The van der Waals surface area contributed by atoms with Gasteiger partial charge < -0.3 is 14.0 Å². The average Bonchev–Trinajstić information content (AvgIpc) is 3.12. The Bertz CT molecular complexity index is 1130. The number of aromatic nitrogens is 2. The predicted molar refractivity (Wildman–Crippen MR) is 121 cm³/mol. The summed E-state index contributed by atoms with van der Waals surface area (Å²) in [5.41, 5.74) is 4.41. The molecule has 4 rings (SSSR count). The number of nitrogens with zero attached hydrogens (tertiary/aromatic N) is 2. The standard InChI is InChI=1S/C26H28N2O2/c1-4-24(30-21-12-9-10-19(2)18-21)26-27-22-13-6-7-14-23(22)28(26)16-17-29-25-15-8-5-11-20(25)3/h5-15,18,24H,4,16-17H2,1-3H3. The van der Waals surface area contributed by atoms with E-state index in [1.54, 1.807) is 0 Å². The van der Waals surface area contributed by atoms with Crippen molar-refractivity contribution in [1.82, 2.24) is 9.55 Å². The Labute approximate surface area is 178 Å². The van der Waals surface area contributed by atoms with Gasteiger partial charge in [0.1, 0.15) is 18.1 Å². The van der Waals surface area contributed by atoms with Gasteiger partial charge in [-0.2, -0.15) is 0 Å². The van der Waals surface area contributed by atoms with Crippen molar-refractivity contribution in [2.75, 3.05) is 6.61 Å². The molecule has 0 saturated carbocycles. The second-order valence-electron chi connectivity index (χ2n) is 7.56. The van der Waals surface area contributed by atoms with Gasteiger partial charge in [0.15, 0.2) is 11.9 Å². The van der Waals surface area contributed by atoms with E-state index in [0.717, 1.165) is 40.3 Å². The zero-order valence-electron chi connectivity index (χ0n) is 17.8. The van der Waals surface area contributed by atoms with E-state index in [2.05, 4.69) is 61.7 Å². The number of ether oxygens (including phenoxy) is 2. The fraction of sp³-hybridized carbons (Fsp3) is 0.269. The van der Waals surface area contributed by atoms with Gasteiger partial charge in [-0.3, -0.25) is 0 Å². The highest BCUT2D eigenvalue weighted by Crippen LogP contribution is 2.28. The van der Waals surface area contributed by atoms with Gasteiger partial charge in [-0.05, 0) is 61.7 Å². The van der Waals surface area contributed by atoms with Crippen LogP contribution in [-0.4, -0.2) is 16.2 Å². The van der Waals surface area contributed by atoms with Gasteiger partial charge in [-0.25, -0.2) is 4.98 Å². The maximum atomic E-state index is 6.36. The number of rotatable bonds is 8. The molecule has 30 heavy (non-hydrogen) atoms. The maximum Gasteiger partial charge on any atom is 0.156 e. The van der Waals surface area contributed by atoms with Gasteiger partial charge in [0.25, 0.3) is 0 Å². The molecule has 154 valence electrons. The van der Waals surface area contributed by atoms with Gasteiger partial charge in [-0.15, -0.1) is 0 Å². The van der Waals surface area contributed by atoms with E-state index in [9.17, 15) is 0 Å². The molecule has 0 saturated heterocycles. The van der Waals surface area contributed by atoms with Gasteiger partial charge in [0.2, 0.25) is 0 Å². The van der Waals surface area contributed by atoms with Crippen molar-refractivity contribution < 1.29 is 9.47 Å². The van der Waals surface area contributed by atoms with Crippen LogP contribution in [0.3, 0.4) is 0 Å². The van der Waals surface area contributed by atoms with Crippen LogP contribution in [0.5, 0.6) is 11.5 Å². The van der Waals surface area contributed by atoms with E-state index in [1.165, 1.54) is 5.56 Å². The quantitative estimate of drug-likeness (QED) is 0.350. The van der Waals surface area contributed by atoms with Crippen molar-refractivity contribution in [3.8, 4) is 11.5 Å². The lowest BCUT2D eigenvalue weighted by atomic mass is 10.2. The van der Waals surface area contributed by atoms with Crippen LogP contribution in [0.2, 0.25) is 0 Å². The predicted octanol–water partition coefficient (Wildman–Crippen LogP) is 6.26. The summed E-state index contributed by atoms with van der Waals surface area (Å²) in [7, 11) is 0. The molecule has 4 nitrogen and oxygen atoms in total. The van der Waals surface area contributed by atoms with Crippen molar-refractivity contribution in [3.63, 3.8) is 0 Å². The molecule has 1 unspecified atom stereocenters. The van der Waals surface area contributed by atoms with Gasteiger partial charge in [0, 0.05) is 0 Å². The third kappa shape index (κ3) is 4.33. The molecule has 0 aliphatic heterocycles. The largest absolute Gasteiger partial charge is 0.491 e. The van der Waals surface area contributed by atoms with Crippen LogP contribution in [0.15, 0.2) is 72.8 Å².